The van der Waals surface area contributed by atoms with Gasteiger partial charge in [-0.15, -0.1) is 0 Å². The van der Waals surface area contributed by atoms with Gasteiger partial charge < -0.3 is 0 Å². The standard InChI is InChI=1S/C84H52N16Si/c1-3-27-55(28-4-1)101(56-29-5-2-6-30-56,57-31-23-25-53(49-57)63-51-77(97-73-45-19-15-41-69(73)93-65-37-11-7-33-59(65)87-81(93)97)91-79(85-63)99-75-47-21-17-43-71(75)95-67-39-13-9-35-61(67)89-83(95)99)58-32-24-26-54(50-58)64-52-78(98-74-46-20-16-42-70(74)94-66-38-12-8-34-60(66)88-82(94)98)92-80(86-64)100-76-48-22-18-44-72(76)96-68-40-14-10-36-62(68)90-84(96)100/h1-52H. The fourth-order valence-electron chi connectivity index (χ4n) is 16.0. The Morgan fingerprint density at radius 1 is 0.198 bits per heavy atom. The first-order valence-electron chi connectivity index (χ1n) is 33.7. The maximum Gasteiger partial charge on any atom is 0.239 e. The monoisotopic (exact) mass is 1310 g/mol. The van der Waals surface area contributed by atoms with Crippen molar-refractivity contribution in [3.05, 3.63) is 315 Å². The molecule has 12 aromatic carbocycles. The Morgan fingerprint density at radius 3 is 0.802 bits per heavy atom. The zero-order valence-electron chi connectivity index (χ0n) is 53.7. The van der Waals surface area contributed by atoms with Crippen molar-refractivity contribution in [2.75, 3.05) is 0 Å². The maximum absolute atomic E-state index is 5.73. The van der Waals surface area contributed by atoms with Crippen LogP contribution in [-0.2, 0) is 0 Å². The van der Waals surface area contributed by atoms with Crippen molar-refractivity contribution >= 4 is 140 Å². The lowest BCUT2D eigenvalue weighted by Gasteiger charge is -2.35. The van der Waals surface area contributed by atoms with Crippen molar-refractivity contribution in [1.29, 1.82) is 0 Å². The molecule has 0 unspecified atom stereocenters. The third-order valence-corrected chi connectivity index (χ3v) is 25.0. The normalized spacial score (nSPS) is 12.4. The minimum Gasteiger partial charge on any atom is -0.276 e. The van der Waals surface area contributed by atoms with Gasteiger partial charge in [0, 0.05) is 23.3 Å². The number of nitrogens with zero attached hydrogens (tertiary/aromatic N) is 16. The quantitative estimate of drug-likeness (QED) is 0.0974. The second-order valence-electron chi connectivity index (χ2n) is 25.7. The Bertz CT molecular complexity index is 6420. The van der Waals surface area contributed by atoms with Crippen LogP contribution in [-0.4, -0.2) is 83.8 Å². The van der Waals surface area contributed by atoms with Gasteiger partial charge in [0.1, 0.15) is 11.6 Å². The van der Waals surface area contributed by atoms with Gasteiger partial charge in [-0.05, 0) is 118 Å². The van der Waals surface area contributed by atoms with E-state index < -0.39 is 8.07 Å². The fraction of sp³-hybridized carbons (Fsp3) is 0. The maximum atomic E-state index is 5.73. The number of imidazole rings is 8. The molecule has 0 amide bonds. The van der Waals surface area contributed by atoms with Crippen LogP contribution in [0, 0.1) is 0 Å². The summed E-state index contributed by atoms with van der Waals surface area (Å²) in [6.45, 7) is 0. The summed E-state index contributed by atoms with van der Waals surface area (Å²) in [5.41, 5.74) is 18.5. The van der Waals surface area contributed by atoms with Crippen molar-refractivity contribution in [2.24, 2.45) is 0 Å². The Balaban J connectivity index is 0.795. The summed E-state index contributed by atoms with van der Waals surface area (Å²) in [4.78, 5) is 44.2. The largest absolute Gasteiger partial charge is 0.276 e. The third kappa shape index (κ3) is 7.87. The molecule has 0 radical (unpaired) electrons. The molecule has 0 aliphatic carbocycles. The van der Waals surface area contributed by atoms with Crippen molar-refractivity contribution in [1.82, 2.24) is 75.7 Å². The number of para-hydroxylation sites is 16. The summed E-state index contributed by atoms with van der Waals surface area (Å²) >= 11 is 0. The van der Waals surface area contributed by atoms with E-state index in [1.807, 2.05) is 24.3 Å². The molecule has 0 bridgehead atoms. The van der Waals surface area contributed by atoms with Crippen molar-refractivity contribution in [3.8, 4) is 46.0 Å². The third-order valence-electron chi connectivity index (χ3n) is 20.3. The lowest BCUT2D eigenvalue weighted by molar-refractivity contribution is 0.929. The summed E-state index contributed by atoms with van der Waals surface area (Å²) in [6, 6.07) is 111. The SMILES string of the molecule is c1ccc([Si](c2ccccc2)(c2cccc(-c3cc(-n4c5ccccc5n5c6ccccc6nc45)nc(-n4c5ccccc5n5c6ccccc6nc45)n3)c2)c2cccc(-c3cc(-n4c5ccccc5n5c6ccccc6nc45)nc(-n4c5ccccc5n5c6ccccc6nc45)n3)c2)cc1. The Morgan fingerprint density at radius 2 is 0.465 bits per heavy atom. The van der Waals surface area contributed by atoms with E-state index in [-0.39, 0.29) is 0 Å². The lowest BCUT2D eigenvalue weighted by atomic mass is 10.1. The molecule has 0 fully saturated rings. The number of fused-ring (bicyclic) bond motifs is 20. The first kappa shape index (κ1) is 55.3. The molecule has 101 heavy (non-hydrogen) atoms. The fourth-order valence-corrected chi connectivity index (χ4v) is 20.8. The average Bonchev–Trinajstić information content (AvgIpc) is 1.60. The molecule has 0 saturated carbocycles. The number of hydrogen-bond donors (Lipinski definition) is 0. The van der Waals surface area contributed by atoms with E-state index >= 15 is 0 Å². The molecular formula is C84H52N16Si. The Kier molecular flexibility index (Phi) is 11.5. The van der Waals surface area contributed by atoms with E-state index in [9.17, 15) is 0 Å². The van der Waals surface area contributed by atoms with Crippen LogP contribution in [0.3, 0.4) is 0 Å². The molecule has 10 aromatic heterocycles. The van der Waals surface area contributed by atoms with Crippen molar-refractivity contribution < 1.29 is 0 Å². The van der Waals surface area contributed by atoms with Crippen LogP contribution in [0.5, 0.6) is 0 Å². The summed E-state index contributed by atoms with van der Waals surface area (Å²) in [5, 5.41) is 4.71. The van der Waals surface area contributed by atoms with Crippen LogP contribution in [0.15, 0.2) is 315 Å². The summed E-state index contributed by atoms with van der Waals surface area (Å²) < 4.78 is 17.5. The highest BCUT2D eigenvalue weighted by Gasteiger charge is 2.42. The van der Waals surface area contributed by atoms with E-state index in [0.29, 0.717) is 35.1 Å². The molecule has 16 nitrogen and oxygen atoms in total. The predicted octanol–water partition coefficient (Wildman–Crippen LogP) is 15.0. The molecule has 0 spiro atoms. The van der Waals surface area contributed by atoms with Gasteiger partial charge >= 0.3 is 0 Å². The summed E-state index contributed by atoms with van der Waals surface area (Å²) in [7, 11) is -3.42. The molecule has 0 aliphatic heterocycles. The van der Waals surface area contributed by atoms with E-state index in [1.54, 1.807) is 0 Å². The zero-order valence-corrected chi connectivity index (χ0v) is 54.7. The molecule has 0 N–H and O–H groups in total. The minimum absolute atomic E-state index is 0.465. The van der Waals surface area contributed by atoms with Crippen LogP contribution in [0.1, 0.15) is 0 Å². The highest BCUT2D eigenvalue weighted by Crippen LogP contribution is 2.37. The van der Waals surface area contributed by atoms with Crippen LogP contribution in [0.25, 0.3) is 157 Å². The van der Waals surface area contributed by atoms with E-state index in [0.717, 1.165) is 133 Å². The lowest BCUT2D eigenvalue weighted by Crippen LogP contribution is -2.74. The van der Waals surface area contributed by atoms with Crippen LogP contribution in [0.2, 0.25) is 0 Å². The number of benzene rings is 12. The molecule has 22 aromatic rings. The van der Waals surface area contributed by atoms with E-state index in [4.69, 9.17) is 39.9 Å². The Labute approximate surface area is 574 Å². The first-order chi connectivity index (χ1) is 50.1. The van der Waals surface area contributed by atoms with Gasteiger partial charge in [-0.25, -0.2) is 39.0 Å². The second kappa shape index (κ2) is 21.1. The van der Waals surface area contributed by atoms with Gasteiger partial charge in [0.05, 0.1) is 99.7 Å². The van der Waals surface area contributed by atoms with E-state index in [2.05, 4.69) is 327 Å². The zero-order chi connectivity index (χ0) is 66.0. The molecular weight excluding hydrogens is 1260 g/mol. The van der Waals surface area contributed by atoms with Gasteiger partial charge in [-0.3, -0.25) is 26.7 Å². The molecule has 0 aliphatic rings. The number of rotatable bonds is 10. The van der Waals surface area contributed by atoms with Gasteiger partial charge in [0.15, 0.2) is 8.07 Å². The predicted molar refractivity (Wildman–Crippen MR) is 404 cm³/mol. The highest BCUT2D eigenvalue weighted by atomic mass is 28.3. The average molecular weight is 1310 g/mol. The molecule has 17 heteroatoms. The number of hydrogen-bond acceptors (Lipinski definition) is 8. The minimum atomic E-state index is -3.42. The molecule has 0 saturated heterocycles. The van der Waals surface area contributed by atoms with Gasteiger partial charge in [-0.2, -0.15) is 9.97 Å². The van der Waals surface area contributed by atoms with Crippen LogP contribution >= 0.6 is 0 Å². The van der Waals surface area contributed by atoms with Crippen molar-refractivity contribution in [2.45, 2.75) is 0 Å². The molecule has 22 rings (SSSR count). The summed E-state index contributed by atoms with van der Waals surface area (Å²) in [6.07, 6.45) is 0. The summed E-state index contributed by atoms with van der Waals surface area (Å²) in [5.74, 6) is 5.12. The van der Waals surface area contributed by atoms with Crippen LogP contribution in [0.4, 0.5) is 0 Å². The van der Waals surface area contributed by atoms with Gasteiger partial charge in [0.2, 0.25) is 35.0 Å². The van der Waals surface area contributed by atoms with Crippen LogP contribution < -0.4 is 20.7 Å². The Hall–Kier alpha value is -13.9. The highest BCUT2D eigenvalue weighted by molar-refractivity contribution is 7.20. The molecule has 10 heterocycles. The molecule has 472 valence electrons. The smallest absolute Gasteiger partial charge is 0.239 e. The van der Waals surface area contributed by atoms with Crippen molar-refractivity contribution in [3.63, 3.8) is 0 Å². The van der Waals surface area contributed by atoms with E-state index in [1.165, 1.54) is 10.4 Å². The van der Waals surface area contributed by atoms with Gasteiger partial charge in [0.25, 0.3) is 0 Å². The second-order valence-corrected chi connectivity index (χ2v) is 29.5. The molecule has 0 atom stereocenters. The van der Waals surface area contributed by atoms with Gasteiger partial charge in [-0.1, -0.05) is 206 Å². The number of aromatic nitrogens is 16. The first-order valence-corrected chi connectivity index (χ1v) is 35.7. The topological polar surface area (TPSA) is 140 Å².